The number of carbonyl (C=O) groups is 1. The molecule has 2 heterocycles. The standard InChI is InChI=1S/C19H13BrN2O/c20-15-9-14(10-21-11-15)12-5-7-13(8-6-12)18-16-3-1-2-4-17(16)22-19(18)23/h1-11,18H,(H,22,23). The number of nitrogens with zero attached hydrogens (tertiary/aromatic N) is 1. The topological polar surface area (TPSA) is 42.0 Å². The molecule has 23 heavy (non-hydrogen) atoms. The van der Waals surface area contributed by atoms with Crippen LogP contribution in [0.15, 0.2) is 71.5 Å². The van der Waals surface area contributed by atoms with Gasteiger partial charge in [0.25, 0.3) is 0 Å². The first-order valence-corrected chi connectivity index (χ1v) is 8.12. The number of amides is 1. The molecular formula is C19H13BrN2O. The minimum Gasteiger partial charge on any atom is -0.325 e. The molecule has 1 aliphatic heterocycles. The first-order valence-electron chi connectivity index (χ1n) is 7.33. The van der Waals surface area contributed by atoms with Crippen molar-refractivity contribution in [2.45, 2.75) is 5.92 Å². The van der Waals surface area contributed by atoms with E-state index in [2.05, 4.69) is 26.2 Å². The van der Waals surface area contributed by atoms with Gasteiger partial charge in [-0.05, 0) is 44.8 Å². The lowest BCUT2D eigenvalue weighted by molar-refractivity contribution is -0.116. The second kappa shape index (κ2) is 5.63. The molecule has 4 heteroatoms. The summed E-state index contributed by atoms with van der Waals surface area (Å²) in [5.41, 5.74) is 5.06. The van der Waals surface area contributed by atoms with Gasteiger partial charge in [0.15, 0.2) is 0 Å². The van der Waals surface area contributed by atoms with Gasteiger partial charge in [0.05, 0.1) is 5.92 Å². The van der Waals surface area contributed by atoms with Crippen LogP contribution in [0.4, 0.5) is 5.69 Å². The van der Waals surface area contributed by atoms with Crippen LogP contribution in [-0.2, 0) is 4.79 Å². The number of rotatable bonds is 2. The summed E-state index contributed by atoms with van der Waals surface area (Å²) >= 11 is 3.44. The minimum atomic E-state index is -0.235. The predicted molar refractivity (Wildman–Crippen MR) is 94.3 cm³/mol. The van der Waals surface area contributed by atoms with Crippen molar-refractivity contribution >= 4 is 27.5 Å². The highest BCUT2D eigenvalue weighted by atomic mass is 79.9. The SMILES string of the molecule is O=C1Nc2ccccc2C1c1ccc(-c2cncc(Br)c2)cc1. The first-order chi connectivity index (χ1) is 11.2. The van der Waals surface area contributed by atoms with Crippen molar-refractivity contribution in [3.05, 3.63) is 82.6 Å². The van der Waals surface area contributed by atoms with Crippen molar-refractivity contribution in [2.24, 2.45) is 0 Å². The van der Waals surface area contributed by atoms with Crippen LogP contribution in [-0.4, -0.2) is 10.9 Å². The largest absolute Gasteiger partial charge is 0.325 e. The zero-order chi connectivity index (χ0) is 15.8. The lowest BCUT2D eigenvalue weighted by Crippen LogP contribution is -2.13. The van der Waals surface area contributed by atoms with Gasteiger partial charge in [-0.3, -0.25) is 9.78 Å². The molecule has 0 saturated heterocycles. The Balaban J connectivity index is 1.70. The summed E-state index contributed by atoms with van der Waals surface area (Å²) in [7, 11) is 0. The average molecular weight is 365 g/mol. The third kappa shape index (κ3) is 2.55. The molecule has 1 atom stereocenters. The zero-order valence-electron chi connectivity index (χ0n) is 12.2. The fourth-order valence-electron chi connectivity index (χ4n) is 2.98. The van der Waals surface area contributed by atoms with E-state index in [1.807, 2.05) is 60.8 Å². The Morgan fingerprint density at radius 3 is 2.52 bits per heavy atom. The molecule has 0 saturated carbocycles. The number of hydrogen-bond acceptors (Lipinski definition) is 2. The smallest absolute Gasteiger partial charge is 0.236 e. The minimum absolute atomic E-state index is 0.0306. The number of benzene rings is 2. The molecule has 1 N–H and O–H groups in total. The molecule has 0 radical (unpaired) electrons. The van der Waals surface area contributed by atoms with Crippen molar-refractivity contribution < 1.29 is 4.79 Å². The Bertz CT molecular complexity index is 890. The summed E-state index contributed by atoms with van der Waals surface area (Å²) < 4.78 is 0.947. The van der Waals surface area contributed by atoms with E-state index >= 15 is 0 Å². The highest BCUT2D eigenvalue weighted by Gasteiger charge is 2.31. The summed E-state index contributed by atoms with van der Waals surface area (Å²) in [5.74, 6) is -0.205. The maximum absolute atomic E-state index is 12.3. The summed E-state index contributed by atoms with van der Waals surface area (Å²) in [4.78, 5) is 16.5. The molecule has 112 valence electrons. The summed E-state index contributed by atoms with van der Waals surface area (Å²) in [6.07, 6.45) is 3.59. The highest BCUT2D eigenvalue weighted by molar-refractivity contribution is 9.10. The molecule has 1 unspecified atom stereocenters. The van der Waals surface area contributed by atoms with Crippen LogP contribution in [0.1, 0.15) is 17.0 Å². The van der Waals surface area contributed by atoms with Crippen LogP contribution in [0, 0.1) is 0 Å². The van der Waals surface area contributed by atoms with E-state index in [0.29, 0.717) is 0 Å². The van der Waals surface area contributed by atoms with Crippen LogP contribution in [0.5, 0.6) is 0 Å². The number of halogens is 1. The molecule has 3 nitrogen and oxygen atoms in total. The summed E-state index contributed by atoms with van der Waals surface area (Å²) in [5, 5.41) is 2.94. The quantitative estimate of drug-likeness (QED) is 0.722. The maximum atomic E-state index is 12.3. The molecule has 0 spiro atoms. The number of nitrogens with one attached hydrogen (secondary N) is 1. The van der Waals surface area contributed by atoms with Crippen LogP contribution in [0.3, 0.4) is 0 Å². The van der Waals surface area contributed by atoms with E-state index in [-0.39, 0.29) is 11.8 Å². The molecule has 0 fully saturated rings. The van der Waals surface area contributed by atoms with Crippen LogP contribution in [0.2, 0.25) is 0 Å². The molecule has 0 aliphatic carbocycles. The number of carbonyl (C=O) groups excluding carboxylic acids is 1. The second-order valence-corrected chi connectivity index (χ2v) is 6.44. The van der Waals surface area contributed by atoms with Gasteiger partial charge in [-0.15, -0.1) is 0 Å². The lowest BCUT2D eigenvalue weighted by Gasteiger charge is -2.10. The lowest BCUT2D eigenvalue weighted by atomic mass is 9.91. The van der Waals surface area contributed by atoms with Gasteiger partial charge in [0.2, 0.25) is 5.91 Å². The molecule has 0 bridgehead atoms. The predicted octanol–water partition coefficient (Wildman–Crippen LogP) is 4.60. The highest BCUT2D eigenvalue weighted by Crippen LogP contribution is 2.37. The van der Waals surface area contributed by atoms with Gasteiger partial charge >= 0.3 is 0 Å². The summed E-state index contributed by atoms with van der Waals surface area (Å²) in [6, 6.07) is 18.0. The van der Waals surface area contributed by atoms with Crippen LogP contribution in [0.25, 0.3) is 11.1 Å². The normalized spacial score (nSPS) is 16.0. The van der Waals surface area contributed by atoms with E-state index in [9.17, 15) is 4.79 Å². The number of anilines is 1. The van der Waals surface area contributed by atoms with Crippen molar-refractivity contribution in [3.8, 4) is 11.1 Å². The number of pyridine rings is 1. The molecule has 1 aliphatic rings. The Labute approximate surface area is 142 Å². The molecular weight excluding hydrogens is 352 g/mol. The zero-order valence-corrected chi connectivity index (χ0v) is 13.7. The Morgan fingerprint density at radius 1 is 0.957 bits per heavy atom. The first kappa shape index (κ1) is 14.2. The fraction of sp³-hybridized carbons (Fsp3) is 0.0526. The van der Waals surface area contributed by atoms with E-state index in [1.54, 1.807) is 6.20 Å². The second-order valence-electron chi connectivity index (χ2n) is 5.52. The van der Waals surface area contributed by atoms with E-state index in [1.165, 1.54) is 0 Å². The third-order valence-electron chi connectivity index (χ3n) is 4.07. The van der Waals surface area contributed by atoms with Crippen molar-refractivity contribution in [3.63, 3.8) is 0 Å². The fourth-order valence-corrected chi connectivity index (χ4v) is 3.34. The Morgan fingerprint density at radius 2 is 1.74 bits per heavy atom. The number of para-hydroxylation sites is 1. The van der Waals surface area contributed by atoms with Gasteiger partial charge in [-0.1, -0.05) is 42.5 Å². The average Bonchev–Trinajstić information content (AvgIpc) is 2.91. The van der Waals surface area contributed by atoms with Crippen LogP contribution >= 0.6 is 15.9 Å². The van der Waals surface area contributed by atoms with Crippen molar-refractivity contribution in [1.29, 1.82) is 0 Å². The van der Waals surface area contributed by atoms with Crippen molar-refractivity contribution in [1.82, 2.24) is 4.98 Å². The van der Waals surface area contributed by atoms with E-state index in [4.69, 9.17) is 0 Å². The maximum Gasteiger partial charge on any atom is 0.236 e. The van der Waals surface area contributed by atoms with E-state index in [0.717, 1.165) is 32.4 Å². The number of hydrogen-bond donors (Lipinski definition) is 1. The van der Waals surface area contributed by atoms with Gasteiger partial charge in [0, 0.05) is 28.1 Å². The number of fused-ring (bicyclic) bond motifs is 1. The van der Waals surface area contributed by atoms with Gasteiger partial charge in [-0.2, -0.15) is 0 Å². The molecule has 2 aromatic carbocycles. The third-order valence-corrected chi connectivity index (χ3v) is 4.51. The number of aromatic nitrogens is 1. The molecule has 1 amide bonds. The Kier molecular flexibility index (Phi) is 3.46. The monoisotopic (exact) mass is 364 g/mol. The Hall–Kier alpha value is -2.46. The van der Waals surface area contributed by atoms with Gasteiger partial charge < -0.3 is 5.32 Å². The van der Waals surface area contributed by atoms with Crippen molar-refractivity contribution in [2.75, 3.05) is 5.32 Å². The van der Waals surface area contributed by atoms with Gasteiger partial charge in [0.1, 0.15) is 0 Å². The van der Waals surface area contributed by atoms with E-state index < -0.39 is 0 Å². The van der Waals surface area contributed by atoms with Gasteiger partial charge in [-0.25, -0.2) is 0 Å². The van der Waals surface area contributed by atoms with Crippen LogP contribution < -0.4 is 5.32 Å². The molecule has 4 rings (SSSR count). The molecule has 3 aromatic rings. The molecule has 1 aromatic heterocycles. The summed E-state index contributed by atoms with van der Waals surface area (Å²) in [6.45, 7) is 0.